The minimum absolute atomic E-state index is 0.0129. The van der Waals surface area contributed by atoms with Crippen molar-refractivity contribution < 1.29 is 41.8 Å². The highest BCUT2D eigenvalue weighted by Crippen LogP contribution is 2.51. The van der Waals surface area contributed by atoms with Crippen LogP contribution in [0.5, 0.6) is 0 Å². The molecule has 6 unspecified atom stereocenters. The second kappa shape index (κ2) is 18.4. The number of nitrogens with one attached hydrogen (secondary N) is 5. The number of halogens is 4. The van der Waals surface area contributed by atoms with E-state index in [-0.39, 0.29) is 75.4 Å². The largest absolute Gasteiger partial charge is 0.523 e. The highest BCUT2D eigenvalue weighted by molar-refractivity contribution is 6.32. The fourth-order valence-corrected chi connectivity index (χ4v) is 8.24. The van der Waals surface area contributed by atoms with Crippen LogP contribution in [0, 0.1) is 23.2 Å². The second-order valence-electron chi connectivity index (χ2n) is 17.4. The number of imidazole rings is 1. The lowest BCUT2D eigenvalue weighted by atomic mass is 9.86. The van der Waals surface area contributed by atoms with Gasteiger partial charge in [0.05, 0.1) is 41.7 Å². The summed E-state index contributed by atoms with van der Waals surface area (Å²) in [5.41, 5.74) is 2.68. The molecule has 61 heavy (non-hydrogen) atoms. The van der Waals surface area contributed by atoms with E-state index in [0.29, 0.717) is 55.3 Å². The van der Waals surface area contributed by atoms with Crippen molar-refractivity contribution in [3.05, 3.63) is 81.7 Å². The third kappa shape index (κ3) is 11.2. The zero-order valence-electron chi connectivity index (χ0n) is 35.3. The lowest BCUT2D eigenvalue weighted by Gasteiger charge is -2.30. The summed E-state index contributed by atoms with van der Waals surface area (Å²) in [6, 6.07) is 1.83. The number of allylic oxidation sites excluding steroid dienone is 5. The molecule has 4 aliphatic rings. The van der Waals surface area contributed by atoms with Crippen molar-refractivity contribution in [2.75, 3.05) is 25.5 Å². The molecular weight excluding hydrogens is 817 g/mol. The average Bonchev–Trinajstić information content (AvgIpc) is 3.48. The van der Waals surface area contributed by atoms with Gasteiger partial charge in [0.1, 0.15) is 17.7 Å². The van der Waals surface area contributed by atoms with Gasteiger partial charge in [0.25, 0.3) is 5.91 Å². The summed E-state index contributed by atoms with van der Waals surface area (Å²) < 4.78 is 50.7. The number of hydrogen-bond donors (Lipinski definition) is 5. The van der Waals surface area contributed by atoms with E-state index < -0.39 is 30.5 Å². The Morgan fingerprint density at radius 3 is 2.36 bits per heavy atom. The Labute approximate surface area is 358 Å². The minimum atomic E-state index is -4.97. The van der Waals surface area contributed by atoms with Gasteiger partial charge in [0, 0.05) is 43.4 Å². The lowest BCUT2D eigenvalue weighted by Crippen LogP contribution is -2.51. The first kappa shape index (κ1) is 45.4. The highest BCUT2D eigenvalue weighted by Gasteiger charge is 2.50. The number of ether oxygens (including phenoxy) is 2. The minimum Gasteiger partial charge on any atom is -0.453 e. The molecule has 3 heterocycles. The number of hydrogen-bond acceptors (Lipinski definition) is 9. The molecule has 2 aromatic heterocycles. The monoisotopic (exact) mass is 870 g/mol. The van der Waals surface area contributed by atoms with Crippen LogP contribution in [0.4, 0.5) is 23.8 Å². The predicted octanol–water partition coefficient (Wildman–Crippen LogP) is 7.28. The molecule has 0 radical (unpaired) electrons. The van der Waals surface area contributed by atoms with Crippen LogP contribution in [0.15, 0.2) is 64.6 Å². The molecule has 4 amide bonds. The van der Waals surface area contributed by atoms with E-state index in [2.05, 4.69) is 54.8 Å². The molecule has 2 aromatic rings. The topological polar surface area (TPSA) is 180 Å². The van der Waals surface area contributed by atoms with E-state index in [4.69, 9.17) is 16.3 Å². The lowest BCUT2D eigenvalue weighted by molar-refractivity contribution is -0.337. The summed E-state index contributed by atoms with van der Waals surface area (Å²) in [6.07, 6.45) is 2.83. The van der Waals surface area contributed by atoms with Crippen molar-refractivity contribution >= 4 is 46.8 Å². The number of rotatable bonds is 14. The van der Waals surface area contributed by atoms with Gasteiger partial charge in [-0.2, -0.15) is 0 Å². The van der Waals surface area contributed by atoms with Crippen LogP contribution in [0.3, 0.4) is 0 Å². The number of methoxy groups -OCH3 is 1. The zero-order chi connectivity index (χ0) is 44.4. The SMILES string of the molecule is COC(=O)NC(C(=O)N1CC(C)CC1c1ncc(C2=CC=C(C3=CC(Cl)=C(NC(=O)c4ccc(NCC(C)NC(=O)C5CC5(C)C)nc4)CC3OC(F)(F)F)CC2)[nH]1)C(C)C. The number of H-pyrrole nitrogens is 1. The fraction of sp³-hybridized carbons (Fsp3) is 0.535. The number of alkyl carbamates (subject to hydrolysis) is 1. The summed E-state index contributed by atoms with van der Waals surface area (Å²) in [7, 11) is 1.24. The smallest absolute Gasteiger partial charge is 0.453 e. The van der Waals surface area contributed by atoms with Gasteiger partial charge in [0.15, 0.2) is 0 Å². The predicted molar refractivity (Wildman–Crippen MR) is 222 cm³/mol. The summed E-state index contributed by atoms with van der Waals surface area (Å²) in [4.78, 5) is 65.4. The molecule has 1 saturated heterocycles. The molecule has 0 aromatic carbocycles. The molecule has 14 nitrogen and oxygen atoms in total. The first-order chi connectivity index (χ1) is 28.7. The number of pyridine rings is 1. The Kier molecular flexibility index (Phi) is 13.7. The maximum Gasteiger partial charge on any atom is 0.523 e. The number of amides is 4. The Morgan fingerprint density at radius 2 is 1.75 bits per heavy atom. The normalized spacial score (nSPS) is 23.3. The van der Waals surface area contributed by atoms with Gasteiger partial charge in [-0.05, 0) is 84.8 Å². The Bertz CT molecular complexity index is 2130. The molecular formula is C43H54ClF3N8O6. The summed E-state index contributed by atoms with van der Waals surface area (Å²) in [5, 5.41) is 11.5. The standard InChI is InChI=1S/C43H54ClF3N8O6/c1-22(2)36(54-41(59)60-7)40(58)55-21-23(3)14-33(55)37-50-20-32(52-37)26-10-8-25(9-11-26)28-15-30(44)31(16-34(28)61-43(45,46)47)53-38(56)27-12-13-35(49-19-27)48-18-24(4)51-39(57)29-17-42(29,5)6/h8,10,12-13,15,19-20,22-24,29,33-34,36H,9,11,14,16-18,21H2,1-7H3,(H,48,49)(H,50,52)(H,51,57)(H,53,56)(H,54,59). The number of aromatic amines is 1. The second-order valence-corrected chi connectivity index (χ2v) is 17.8. The van der Waals surface area contributed by atoms with Crippen LogP contribution in [0.2, 0.25) is 0 Å². The quantitative estimate of drug-likeness (QED) is 0.131. The first-order valence-corrected chi connectivity index (χ1v) is 20.9. The molecule has 330 valence electrons. The molecule has 0 bridgehead atoms. The van der Waals surface area contributed by atoms with Crippen LogP contribution in [-0.2, 0) is 19.1 Å². The number of carbonyl (C=O) groups excluding carboxylic acids is 4. The van der Waals surface area contributed by atoms with Crippen LogP contribution in [0.1, 0.15) is 102 Å². The summed E-state index contributed by atoms with van der Waals surface area (Å²) in [5.74, 6) is 0.265. The average molecular weight is 871 g/mol. The number of carbonyl (C=O) groups is 4. The van der Waals surface area contributed by atoms with Crippen molar-refractivity contribution in [1.29, 1.82) is 0 Å². The van der Waals surface area contributed by atoms with Gasteiger partial charge in [-0.3, -0.25) is 19.1 Å². The van der Waals surface area contributed by atoms with E-state index in [1.54, 1.807) is 23.2 Å². The van der Waals surface area contributed by atoms with Crippen molar-refractivity contribution in [3.63, 3.8) is 0 Å². The van der Waals surface area contributed by atoms with E-state index in [0.717, 1.165) is 12.0 Å². The summed E-state index contributed by atoms with van der Waals surface area (Å²) in [6.45, 7) is 12.6. The Hall–Kier alpha value is -5.16. The molecule has 1 aliphatic heterocycles. The summed E-state index contributed by atoms with van der Waals surface area (Å²) >= 11 is 6.62. The van der Waals surface area contributed by atoms with Gasteiger partial charge in [0.2, 0.25) is 11.8 Å². The molecule has 0 spiro atoms. The van der Waals surface area contributed by atoms with Gasteiger partial charge in [-0.15, -0.1) is 13.2 Å². The third-order valence-corrected chi connectivity index (χ3v) is 12.0. The van der Waals surface area contributed by atoms with Gasteiger partial charge < -0.3 is 35.9 Å². The molecule has 1 saturated carbocycles. The van der Waals surface area contributed by atoms with Gasteiger partial charge in [-0.1, -0.05) is 58.4 Å². The van der Waals surface area contributed by atoms with E-state index in [1.807, 2.05) is 33.8 Å². The van der Waals surface area contributed by atoms with Crippen LogP contribution >= 0.6 is 11.6 Å². The maximum atomic E-state index is 13.8. The molecule has 6 atom stereocenters. The first-order valence-electron chi connectivity index (χ1n) is 20.5. The van der Waals surface area contributed by atoms with E-state index in [9.17, 15) is 32.3 Å². The number of alkyl halides is 3. The maximum absolute atomic E-state index is 13.8. The van der Waals surface area contributed by atoms with Gasteiger partial charge >= 0.3 is 12.5 Å². The van der Waals surface area contributed by atoms with Crippen LogP contribution in [0.25, 0.3) is 5.57 Å². The molecule has 18 heteroatoms. The number of nitrogens with zero attached hydrogens (tertiary/aromatic N) is 3. The zero-order valence-corrected chi connectivity index (χ0v) is 36.1. The Morgan fingerprint density at radius 1 is 1.05 bits per heavy atom. The van der Waals surface area contributed by atoms with Crippen LogP contribution < -0.4 is 21.3 Å². The number of likely N-dealkylation sites (tertiary alicyclic amines) is 1. The number of anilines is 1. The van der Waals surface area contributed by atoms with Crippen molar-refractivity contribution in [2.45, 2.75) is 104 Å². The van der Waals surface area contributed by atoms with Crippen molar-refractivity contribution in [2.24, 2.45) is 23.2 Å². The Balaban J connectivity index is 1.12. The van der Waals surface area contributed by atoms with Crippen LogP contribution in [-0.4, -0.2) is 88.4 Å². The third-order valence-electron chi connectivity index (χ3n) is 11.6. The highest BCUT2D eigenvalue weighted by atomic mass is 35.5. The van der Waals surface area contributed by atoms with E-state index in [1.165, 1.54) is 25.4 Å². The van der Waals surface area contributed by atoms with Crippen molar-refractivity contribution in [3.8, 4) is 0 Å². The van der Waals surface area contributed by atoms with Gasteiger partial charge in [-0.25, -0.2) is 14.8 Å². The van der Waals surface area contributed by atoms with E-state index >= 15 is 0 Å². The number of aromatic nitrogens is 3. The molecule has 3 aliphatic carbocycles. The fourth-order valence-electron chi connectivity index (χ4n) is 7.99. The van der Waals surface area contributed by atoms with Crippen molar-refractivity contribution in [1.82, 2.24) is 35.8 Å². The molecule has 2 fully saturated rings. The molecule has 6 rings (SSSR count). The molecule has 5 N–H and O–H groups in total.